The second-order valence-electron chi connectivity index (χ2n) is 4.57. The number of halogens is 3. The van der Waals surface area contributed by atoms with Crippen LogP contribution < -0.4 is 0 Å². The number of nitrogens with zero attached hydrogens (tertiary/aromatic N) is 1. The molecule has 0 amide bonds. The van der Waals surface area contributed by atoms with Gasteiger partial charge in [-0.25, -0.2) is 0 Å². The first-order valence-electron chi connectivity index (χ1n) is 5.87. The summed E-state index contributed by atoms with van der Waals surface area (Å²) in [6.45, 7) is 4.15. The maximum absolute atomic E-state index is 12.4. The van der Waals surface area contributed by atoms with Gasteiger partial charge in [-0.05, 0) is 37.6 Å². The van der Waals surface area contributed by atoms with Crippen molar-refractivity contribution < 1.29 is 13.2 Å². The van der Waals surface area contributed by atoms with Crippen molar-refractivity contribution in [3.05, 3.63) is 0 Å². The van der Waals surface area contributed by atoms with Gasteiger partial charge in [-0.1, -0.05) is 13.3 Å². The van der Waals surface area contributed by atoms with Crippen LogP contribution in [0.3, 0.4) is 0 Å². The van der Waals surface area contributed by atoms with Crippen LogP contribution in [-0.4, -0.2) is 36.5 Å². The van der Waals surface area contributed by atoms with Crippen molar-refractivity contribution in [2.45, 2.75) is 32.4 Å². The van der Waals surface area contributed by atoms with Gasteiger partial charge in [-0.3, -0.25) is 0 Å². The van der Waals surface area contributed by atoms with E-state index < -0.39 is 12.1 Å². The molecule has 0 spiro atoms. The van der Waals surface area contributed by atoms with E-state index in [4.69, 9.17) is 0 Å². The molecule has 1 saturated heterocycles. The van der Waals surface area contributed by atoms with Gasteiger partial charge in [0.25, 0.3) is 0 Å². The Balaban J connectivity index is 2.32. The summed E-state index contributed by atoms with van der Waals surface area (Å²) < 4.78 is 37.3. The Morgan fingerprint density at radius 2 is 1.88 bits per heavy atom. The van der Waals surface area contributed by atoms with Crippen LogP contribution in [0, 0.1) is 11.8 Å². The van der Waals surface area contributed by atoms with Crippen molar-refractivity contribution >= 4 is 12.6 Å². The number of piperidine rings is 1. The first-order valence-corrected chi connectivity index (χ1v) is 6.50. The summed E-state index contributed by atoms with van der Waals surface area (Å²) >= 11 is 4.25. The van der Waals surface area contributed by atoms with E-state index >= 15 is 0 Å². The molecule has 0 N–H and O–H groups in total. The summed E-state index contributed by atoms with van der Waals surface area (Å²) in [5.41, 5.74) is 0. The van der Waals surface area contributed by atoms with Gasteiger partial charge in [-0.2, -0.15) is 25.8 Å². The summed E-state index contributed by atoms with van der Waals surface area (Å²) in [4.78, 5) is 2.15. The number of likely N-dealkylation sites (tertiary alicyclic amines) is 1. The molecule has 0 aromatic heterocycles. The molecule has 1 unspecified atom stereocenters. The van der Waals surface area contributed by atoms with Crippen LogP contribution in [0.2, 0.25) is 0 Å². The van der Waals surface area contributed by atoms with Crippen molar-refractivity contribution in [2.24, 2.45) is 11.8 Å². The van der Waals surface area contributed by atoms with E-state index in [1.165, 1.54) is 0 Å². The molecule has 0 aromatic rings. The standard InChI is InChI=1S/C11H20F3NS/c1-2-9(8-16)7-15-5-3-10(4-6-15)11(12,13)14/h9-10,16H,2-8H2,1H3. The molecule has 1 atom stereocenters. The summed E-state index contributed by atoms with van der Waals surface area (Å²) in [5, 5.41) is 0. The second kappa shape index (κ2) is 6.15. The van der Waals surface area contributed by atoms with E-state index in [0.29, 0.717) is 19.0 Å². The van der Waals surface area contributed by atoms with E-state index in [2.05, 4.69) is 24.5 Å². The molecule has 5 heteroatoms. The first kappa shape index (κ1) is 14.2. The number of alkyl halides is 3. The zero-order chi connectivity index (χ0) is 12.2. The van der Waals surface area contributed by atoms with E-state index in [1.807, 2.05) is 0 Å². The number of rotatable bonds is 4. The van der Waals surface area contributed by atoms with Gasteiger partial charge in [0.15, 0.2) is 0 Å². The third kappa shape index (κ3) is 4.17. The van der Waals surface area contributed by atoms with Crippen molar-refractivity contribution in [1.82, 2.24) is 4.90 Å². The molecule has 0 radical (unpaired) electrons. The first-order chi connectivity index (χ1) is 7.47. The lowest BCUT2D eigenvalue weighted by Gasteiger charge is -2.34. The highest BCUT2D eigenvalue weighted by Crippen LogP contribution is 2.34. The van der Waals surface area contributed by atoms with E-state index in [0.717, 1.165) is 18.7 Å². The fraction of sp³-hybridized carbons (Fsp3) is 1.00. The Morgan fingerprint density at radius 3 is 2.25 bits per heavy atom. The molecule has 0 aromatic carbocycles. The minimum absolute atomic E-state index is 0.256. The maximum Gasteiger partial charge on any atom is 0.391 e. The SMILES string of the molecule is CCC(CS)CN1CCC(C(F)(F)F)CC1. The van der Waals surface area contributed by atoms with Crippen molar-refractivity contribution in [3.8, 4) is 0 Å². The van der Waals surface area contributed by atoms with Crippen LogP contribution >= 0.6 is 12.6 Å². The molecular weight excluding hydrogens is 235 g/mol. The fourth-order valence-corrected chi connectivity index (χ4v) is 2.50. The van der Waals surface area contributed by atoms with E-state index in [9.17, 15) is 13.2 Å². The quantitative estimate of drug-likeness (QED) is 0.755. The van der Waals surface area contributed by atoms with Crippen LogP contribution in [0.4, 0.5) is 13.2 Å². The summed E-state index contributed by atoms with van der Waals surface area (Å²) in [6, 6.07) is 0. The summed E-state index contributed by atoms with van der Waals surface area (Å²) in [5.74, 6) is 0.237. The topological polar surface area (TPSA) is 3.24 Å². The summed E-state index contributed by atoms with van der Waals surface area (Å²) in [6.07, 6.45) is -2.44. The predicted molar refractivity (Wildman–Crippen MR) is 62.9 cm³/mol. The van der Waals surface area contributed by atoms with Crippen LogP contribution in [0.25, 0.3) is 0 Å². The lowest BCUT2D eigenvalue weighted by Crippen LogP contribution is -2.41. The zero-order valence-electron chi connectivity index (χ0n) is 9.63. The molecule has 1 nitrogen and oxygen atoms in total. The average molecular weight is 255 g/mol. The van der Waals surface area contributed by atoms with E-state index in [1.54, 1.807) is 0 Å². The van der Waals surface area contributed by atoms with Crippen LogP contribution in [-0.2, 0) is 0 Å². The van der Waals surface area contributed by atoms with Crippen LogP contribution in [0.15, 0.2) is 0 Å². The maximum atomic E-state index is 12.4. The molecule has 1 rings (SSSR count). The minimum atomic E-state index is -4.00. The number of hydrogen-bond donors (Lipinski definition) is 1. The molecule has 96 valence electrons. The van der Waals surface area contributed by atoms with E-state index in [-0.39, 0.29) is 12.8 Å². The Hall–Kier alpha value is 0.100. The van der Waals surface area contributed by atoms with Gasteiger partial charge < -0.3 is 4.90 Å². The van der Waals surface area contributed by atoms with Crippen LogP contribution in [0.5, 0.6) is 0 Å². The predicted octanol–water partition coefficient (Wildman–Crippen LogP) is 3.22. The Morgan fingerprint density at radius 1 is 1.31 bits per heavy atom. The average Bonchev–Trinajstić information content (AvgIpc) is 2.25. The molecule has 0 bridgehead atoms. The fourth-order valence-electron chi connectivity index (χ4n) is 2.12. The zero-order valence-corrected chi connectivity index (χ0v) is 10.5. The normalized spacial score (nSPS) is 22.3. The van der Waals surface area contributed by atoms with Crippen molar-refractivity contribution in [2.75, 3.05) is 25.4 Å². The highest BCUT2D eigenvalue weighted by atomic mass is 32.1. The summed E-state index contributed by atoms with van der Waals surface area (Å²) in [7, 11) is 0. The lowest BCUT2D eigenvalue weighted by molar-refractivity contribution is -0.185. The molecule has 1 heterocycles. The Labute approximate surface area is 101 Å². The Kier molecular flexibility index (Phi) is 5.44. The van der Waals surface area contributed by atoms with Gasteiger partial charge >= 0.3 is 6.18 Å². The van der Waals surface area contributed by atoms with Crippen molar-refractivity contribution in [1.29, 1.82) is 0 Å². The molecule has 1 aliphatic rings. The van der Waals surface area contributed by atoms with Crippen LogP contribution in [0.1, 0.15) is 26.2 Å². The molecular formula is C11H20F3NS. The largest absolute Gasteiger partial charge is 0.391 e. The highest BCUT2D eigenvalue weighted by molar-refractivity contribution is 7.80. The van der Waals surface area contributed by atoms with Gasteiger partial charge in [0.05, 0.1) is 5.92 Å². The van der Waals surface area contributed by atoms with Gasteiger partial charge in [0.2, 0.25) is 0 Å². The monoisotopic (exact) mass is 255 g/mol. The number of thiol groups is 1. The van der Waals surface area contributed by atoms with Crippen molar-refractivity contribution in [3.63, 3.8) is 0 Å². The minimum Gasteiger partial charge on any atom is -0.303 e. The third-order valence-corrected chi connectivity index (χ3v) is 3.92. The van der Waals surface area contributed by atoms with Gasteiger partial charge in [0.1, 0.15) is 0 Å². The molecule has 1 fully saturated rings. The molecule has 0 saturated carbocycles. The highest BCUT2D eigenvalue weighted by Gasteiger charge is 2.41. The molecule has 16 heavy (non-hydrogen) atoms. The number of hydrogen-bond acceptors (Lipinski definition) is 2. The molecule has 1 aliphatic heterocycles. The third-order valence-electron chi connectivity index (χ3n) is 3.40. The second-order valence-corrected chi connectivity index (χ2v) is 4.94. The van der Waals surface area contributed by atoms with Gasteiger partial charge in [-0.15, -0.1) is 0 Å². The van der Waals surface area contributed by atoms with Gasteiger partial charge in [0, 0.05) is 6.54 Å². The smallest absolute Gasteiger partial charge is 0.303 e. The Bertz CT molecular complexity index is 196. The lowest BCUT2D eigenvalue weighted by atomic mass is 9.95. The molecule has 0 aliphatic carbocycles.